The van der Waals surface area contributed by atoms with Crippen LogP contribution < -0.4 is 0 Å². The van der Waals surface area contributed by atoms with Crippen molar-refractivity contribution >= 4 is 85.8 Å². The summed E-state index contributed by atoms with van der Waals surface area (Å²) in [7, 11) is 0. The van der Waals surface area contributed by atoms with Crippen LogP contribution in [0.5, 0.6) is 0 Å². The Bertz CT molecular complexity index is 3690. The molecule has 12 aromatic rings. The number of fused-ring (bicyclic) bond motifs is 14. The van der Waals surface area contributed by atoms with Crippen molar-refractivity contribution in [2.24, 2.45) is 0 Å². The number of thiophene rings is 1. The van der Waals surface area contributed by atoms with E-state index in [0.717, 1.165) is 27.3 Å². The topological polar surface area (TPSA) is 13.1 Å². The molecule has 0 atom stereocenters. The smallest absolute Gasteiger partial charge is 0.153 e. The highest BCUT2D eigenvalue weighted by molar-refractivity contribution is 7.26. The number of hydrogen-bond donors (Lipinski definition) is 0. The van der Waals surface area contributed by atoms with Gasteiger partial charge in [-0.3, -0.25) is 0 Å². The first-order chi connectivity index (χ1) is 29.0. The van der Waals surface area contributed by atoms with E-state index in [1.807, 2.05) is 11.3 Å². The molecule has 0 bridgehead atoms. The molecule has 2 heteroatoms. The highest BCUT2D eigenvalue weighted by atomic mass is 32.1. The van der Waals surface area contributed by atoms with Crippen LogP contribution in [0, 0.1) is 0 Å². The van der Waals surface area contributed by atoms with Crippen molar-refractivity contribution in [3.05, 3.63) is 193 Å². The van der Waals surface area contributed by atoms with E-state index in [1.54, 1.807) is 0 Å². The predicted octanol–water partition coefficient (Wildman–Crippen LogP) is 16.7. The molecule has 0 saturated heterocycles. The van der Waals surface area contributed by atoms with E-state index in [0.29, 0.717) is 0 Å². The lowest BCUT2D eigenvalue weighted by Gasteiger charge is -2.22. The number of hydrogen-bond acceptors (Lipinski definition) is 2. The third-order valence-corrected chi connectivity index (χ3v) is 14.5. The summed E-state index contributed by atoms with van der Waals surface area (Å²) in [6.07, 6.45) is 0. The van der Waals surface area contributed by atoms with Crippen LogP contribution >= 0.6 is 11.3 Å². The highest BCUT2D eigenvalue weighted by Crippen LogP contribution is 2.52. The van der Waals surface area contributed by atoms with Gasteiger partial charge in [0.05, 0.1) is 4.70 Å². The first kappa shape index (κ1) is 33.0. The summed E-state index contributed by atoms with van der Waals surface area (Å²) in [6.45, 7) is 4.71. The van der Waals surface area contributed by atoms with Gasteiger partial charge in [0, 0.05) is 37.0 Å². The Morgan fingerprint density at radius 1 is 0.356 bits per heavy atom. The van der Waals surface area contributed by atoms with E-state index in [2.05, 4.69) is 196 Å². The van der Waals surface area contributed by atoms with Gasteiger partial charge in [0.1, 0.15) is 5.58 Å². The Labute approximate surface area is 345 Å². The number of furan rings is 1. The van der Waals surface area contributed by atoms with Crippen LogP contribution in [0.3, 0.4) is 0 Å². The van der Waals surface area contributed by atoms with Crippen molar-refractivity contribution in [2.75, 3.05) is 0 Å². The third-order valence-electron chi connectivity index (χ3n) is 13.3. The van der Waals surface area contributed by atoms with Crippen molar-refractivity contribution in [1.82, 2.24) is 0 Å². The zero-order chi connectivity index (χ0) is 39.0. The molecule has 1 aliphatic carbocycles. The maximum Gasteiger partial charge on any atom is 0.153 e. The van der Waals surface area contributed by atoms with Gasteiger partial charge < -0.3 is 4.42 Å². The molecule has 0 radical (unpaired) electrons. The van der Waals surface area contributed by atoms with Gasteiger partial charge in [-0.15, -0.1) is 11.3 Å². The third kappa shape index (κ3) is 4.55. The molecule has 0 fully saturated rings. The van der Waals surface area contributed by atoms with Gasteiger partial charge in [-0.1, -0.05) is 172 Å². The average molecular weight is 769 g/mol. The first-order valence-corrected chi connectivity index (χ1v) is 21.3. The summed E-state index contributed by atoms with van der Waals surface area (Å²) in [5.74, 6) is 0. The largest absolute Gasteiger partial charge is 0.454 e. The first-order valence-electron chi connectivity index (χ1n) is 20.5. The van der Waals surface area contributed by atoms with Crippen molar-refractivity contribution in [1.29, 1.82) is 0 Å². The Morgan fingerprint density at radius 3 is 1.61 bits per heavy atom. The van der Waals surface area contributed by atoms with Crippen LogP contribution in [0.1, 0.15) is 25.0 Å². The molecule has 59 heavy (non-hydrogen) atoms. The monoisotopic (exact) mass is 768 g/mol. The van der Waals surface area contributed by atoms with E-state index in [1.165, 1.54) is 103 Å². The van der Waals surface area contributed by atoms with Crippen LogP contribution in [0.15, 0.2) is 186 Å². The lowest BCUT2D eigenvalue weighted by Crippen LogP contribution is -2.14. The van der Waals surface area contributed by atoms with E-state index < -0.39 is 0 Å². The summed E-state index contributed by atoms with van der Waals surface area (Å²) in [6, 6.07) is 67.6. The molecule has 0 saturated carbocycles. The fraction of sp³-hybridized carbons (Fsp3) is 0.0526. The fourth-order valence-corrected chi connectivity index (χ4v) is 11.7. The van der Waals surface area contributed by atoms with Crippen molar-refractivity contribution in [2.45, 2.75) is 19.3 Å². The van der Waals surface area contributed by atoms with Gasteiger partial charge in [-0.05, 0) is 107 Å². The van der Waals surface area contributed by atoms with Crippen molar-refractivity contribution < 1.29 is 4.42 Å². The highest BCUT2D eigenvalue weighted by Gasteiger charge is 2.35. The van der Waals surface area contributed by atoms with Crippen LogP contribution in [-0.2, 0) is 5.41 Å². The van der Waals surface area contributed by atoms with Gasteiger partial charge in [0.25, 0.3) is 0 Å². The summed E-state index contributed by atoms with van der Waals surface area (Å²) in [4.78, 5) is 0. The average Bonchev–Trinajstić information content (AvgIpc) is 3.93. The molecule has 0 amide bonds. The molecule has 13 rings (SSSR count). The van der Waals surface area contributed by atoms with Crippen LogP contribution in [0.25, 0.3) is 119 Å². The lowest BCUT2D eigenvalue weighted by atomic mass is 9.81. The van der Waals surface area contributed by atoms with Crippen molar-refractivity contribution in [3.63, 3.8) is 0 Å². The minimum atomic E-state index is -0.0264. The SMILES string of the molecule is CC1(C)c2ccccc2-c2cc(-c3c4ccccc4c(-c4ccc(-c5cc6c7ccc8c9ccccc9sc8c7oc6c6ccccc56)cc4)c4ccccc34)ccc21. The second-order valence-corrected chi connectivity index (χ2v) is 17.8. The summed E-state index contributed by atoms with van der Waals surface area (Å²) in [5, 5.41) is 12.3. The van der Waals surface area contributed by atoms with E-state index >= 15 is 0 Å². The van der Waals surface area contributed by atoms with Gasteiger partial charge in [0.15, 0.2) is 5.58 Å². The second kappa shape index (κ2) is 12.0. The molecule has 0 spiro atoms. The molecular formula is C57H36OS. The zero-order valence-corrected chi connectivity index (χ0v) is 33.5. The summed E-state index contributed by atoms with van der Waals surface area (Å²) in [5.41, 5.74) is 14.8. The van der Waals surface area contributed by atoms with E-state index in [-0.39, 0.29) is 5.41 Å². The number of benzene rings is 10. The van der Waals surface area contributed by atoms with E-state index in [4.69, 9.17) is 4.42 Å². The van der Waals surface area contributed by atoms with Crippen LogP contribution in [0.2, 0.25) is 0 Å². The number of rotatable bonds is 3. The molecule has 1 aliphatic rings. The molecule has 10 aromatic carbocycles. The quantitative estimate of drug-likeness (QED) is 0.163. The second-order valence-electron chi connectivity index (χ2n) is 16.7. The molecule has 0 N–H and O–H groups in total. The van der Waals surface area contributed by atoms with Crippen molar-refractivity contribution in [3.8, 4) is 44.5 Å². The predicted molar refractivity (Wildman–Crippen MR) is 253 cm³/mol. The molecular weight excluding hydrogens is 733 g/mol. The van der Waals surface area contributed by atoms with E-state index in [9.17, 15) is 0 Å². The normalized spacial score (nSPS) is 13.4. The minimum absolute atomic E-state index is 0.0264. The molecule has 0 unspecified atom stereocenters. The fourth-order valence-electron chi connectivity index (χ4n) is 10.5. The lowest BCUT2D eigenvalue weighted by molar-refractivity contribution is 0.660. The van der Waals surface area contributed by atoms with Gasteiger partial charge >= 0.3 is 0 Å². The summed E-state index contributed by atoms with van der Waals surface area (Å²) < 4.78 is 9.36. The Balaban J connectivity index is 0.985. The minimum Gasteiger partial charge on any atom is -0.454 e. The van der Waals surface area contributed by atoms with Gasteiger partial charge in [-0.2, -0.15) is 0 Å². The Kier molecular flexibility index (Phi) is 6.73. The Morgan fingerprint density at radius 2 is 0.881 bits per heavy atom. The molecule has 0 aliphatic heterocycles. The maximum atomic E-state index is 6.86. The molecule has 2 heterocycles. The molecule has 276 valence electrons. The summed E-state index contributed by atoms with van der Waals surface area (Å²) >= 11 is 1.82. The van der Waals surface area contributed by atoms with Gasteiger partial charge in [-0.25, -0.2) is 0 Å². The van der Waals surface area contributed by atoms with Crippen LogP contribution in [0.4, 0.5) is 0 Å². The Hall–Kier alpha value is -7.00. The zero-order valence-electron chi connectivity index (χ0n) is 32.6. The van der Waals surface area contributed by atoms with Crippen LogP contribution in [-0.4, -0.2) is 0 Å². The standard InChI is InChI=1S/C57H36OS/c1-57(2)49-21-11-9-14-37(49)47-31-35(27-30-50(47)57)53-41-18-6-4-16-39(41)52(40-17-5-7-19-42(40)53)34-25-23-33(24-26-34)46-32-48-44-28-29-45-38-15-10-12-22-51(38)59-56(45)55(44)58-54(48)43-20-8-3-13-36(43)46/h3-32H,1-2H3. The molecule has 1 nitrogen and oxygen atoms in total. The maximum absolute atomic E-state index is 6.86. The molecule has 2 aromatic heterocycles. The van der Waals surface area contributed by atoms with Gasteiger partial charge in [0.2, 0.25) is 0 Å².